The van der Waals surface area contributed by atoms with Crippen LogP contribution in [0, 0.1) is 0 Å². The lowest BCUT2D eigenvalue weighted by Crippen LogP contribution is -2.24. The van der Waals surface area contributed by atoms with E-state index in [-0.39, 0.29) is 5.24 Å². The Balaban J connectivity index is 1.83. The van der Waals surface area contributed by atoms with Gasteiger partial charge in [0.1, 0.15) is 23.9 Å². The van der Waals surface area contributed by atoms with Crippen LogP contribution in [-0.4, -0.2) is 24.1 Å². The Kier molecular flexibility index (Phi) is 7.10. The molecular weight excluding hydrogens is 334 g/mol. The van der Waals surface area contributed by atoms with Gasteiger partial charge in [0.25, 0.3) is 5.24 Å². The Morgan fingerprint density at radius 2 is 1.96 bits per heavy atom. The van der Waals surface area contributed by atoms with Crippen LogP contribution >= 0.6 is 23.4 Å². The van der Waals surface area contributed by atoms with Gasteiger partial charge in [-0.25, -0.2) is 0 Å². The molecule has 0 aliphatic carbocycles. The van der Waals surface area contributed by atoms with E-state index in [2.05, 4.69) is 5.32 Å². The number of nitrogens with one attached hydrogen (secondary N) is 1. The predicted molar refractivity (Wildman–Crippen MR) is 95.0 cm³/mol. The van der Waals surface area contributed by atoms with Gasteiger partial charge in [-0.05, 0) is 30.0 Å². The molecule has 0 spiro atoms. The number of halogens is 1. The van der Waals surface area contributed by atoms with Crippen molar-refractivity contribution in [2.75, 3.05) is 18.9 Å². The van der Waals surface area contributed by atoms with Gasteiger partial charge in [0, 0.05) is 6.07 Å². The molecular formula is C17H18ClNO3S. The highest BCUT2D eigenvalue weighted by Crippen LogP contribution is 2.31. The Morgan fingerprint density at radius 1 is 1.17 bits per heavy atom. The average Bonchev–Trinajstić information content (AvgIpc) is 2.54. The summed E-state index contributed by atoms with van der Waals surface area (Å²) in [6, 6.07) is 14.7. The number of amides is 1. The minimum Gasteiger partial charge on any atom is -0.490 e. The van der Waals surface area contributed by atoms with Gasteiger partial charge in [0.15, 0.2) is 0 Å². The summed E-state index contributed by atoms with van der Waals surface area (Å²) in [4.78, 5) is 11.3. The summed E-state index contributed by atoms with van der Waals surface area (Å²) >= 11 is 7.43. The number of carbonyl (C=O) groups is 1. The van der Waals surface area contributed by atoms with E-state index >= 15 is 0 Å². The molecule has 0 aliphatic heterocycles. The molecule has 0 heterocycles. The highest BCUT2D eigenvalue weighted by Gasteiger charge is 2.05. The van der Waals surface area contributed by atoms with Gasteiger partial charge >= 0.3 is 0 Å². The Morgan fingerprint density at radius 3 is 2.65 bits per heavy atom. The fraction of sp³-hybridized carbons (Fsp3) is 0.235. The highest BCUT2D eigenvalue weighted by molar-refractivity contribution is 8.13. The fourth-order valence-corrected chi connectivity index (χ4v) is 2.47. The highest BCUT2D eigenvalue weighted by atomic mass is 35.5. The number of hydrogen-bond acceptors (Lipinski definition) is 4. The molecule has 0 bridgehead atoms. The zero-order valence-electron chi connectivity index (χ0n) is 12.8. The first-order valence-electron chi connectivity index (χ1n) is 7.25. The monoisotopic (exact) mass is 351 g/mol. The second-order valence-electron chi connectivity index (χ2n) is 4.50. The molecule has 0 saturated carbocycles. The molecule has 2 rings (SSSR count). The molecule has 0 aliphatic rings. The van der Waals surface area contributed by atoms with Crippen LogP contribution in [0.5, 0.6) is 17.2 Å². The van der Waals surface area contributed by atoms with Crippen molar-refractivity contribution in [3.63, 3.8) is 0 Å². The molecule has 23 heavy (non-hydrogen) atoms. The lowest BCUT2D eigenvalue weighted by molar-refractivity contribution is 0.256. The van der Waals surface area contributed by atoms with Crippen LogP contribution in [0.1, 0.15) is 6.92 Å². The van der Waals surface area contributed by atoms with Crippen molar-refractivity contribution in [3.8, 4) is 17.2 Å². The SMILES string of the molecule is CCSC(=O)NCCOc1ccc(Oc2ccccc2)cc1Cl. The lowest BCUT2D eigenvalue weighted by Gasteiger charge is -2.11. The molecule has 0 unspecified atom stereocenters. The first-order chi connectivity index (χ1) is 11.2. The minimum atomic E-state index is -0.0474. The normalized spacial score (nSPS) is 10.2. The molecule has 2 aromatic rings. The van der Waals surface area contributed by atoms with Crippen LogP contribution in [0.25, 0.3) is 0 Å². The van der Waals surface area contributed by atoms with E-state index < -0.39 is 0 Å². The van der Waals surface area contributed by atoms with Crippen LogP contribution in [0.15, 0.2) is 48.5 Å². The van der Waals surface area contributed by atoms with Gasteiger partial charge in [0.05, 0.1) is 11.6 Å². The average molecular weight is 352 g/mol. The number of benzene rings is 2. The maximum absolute atomic E-state index is 11.3. The molecule has 0 radical (unpaired) electrons. The van der Waals surface area contributed by atoms with Crippen molar-refractivity contribution < 1.29 is 14.3 Å². The molecule has 1 amide bonds. The van der Waals surface area contributed by atoms with Crippen LogP contribution in [0.2, 0.25) is 5.02 Å². The zero-order valence-corrected chi connectivity index (χ0v) is 14.3. The standard InChI is InChI=1S/C17H18ClNO3S/c1-2-23-17(20)19-10-11-21-16-9-8-14(12-15(16)18)22-13-6-4-3-5-7-13/h3-9,12H,2,10-11H2,1H3,(H,19,20). The van der Waals surface area contributed by atoms with Crippen LogP contribution in [0.4, 0.5) is 4.79 Å². The van der Waals surface area contributed by atoms with Crippen molar-refractivity contribution in [3.05, 3.63) is 53.6 Å². The number of thioether (sulfide) groups is 1. The third-order valence-corrected chi connectivity index (χ3v) is 3.78. The first kappa shape index (κ1) is 17.5. The third-order valence-electron chi connectivity index (χ3n) is 2.79. The molecule has 122 valence electrons. The second kappa shape index (κ2) is 9.33. The molecule has 0 atom stereocenters. The lowest BCUT2D eigenvalue weighted by atomic mass is 10.3. The van der Waals surface area contributed by atoms with Crippen molar-refractivity contribution >= 4 is 28.6 Å². The second-order valence-corrected chi connectivity index (χ2v) is 6.15. The number of para-hydroxylation sites is 1. The topological polar surface area (TPSA) is 47.6 Å². The van der Waals surface area contributed by atoms with Crippen LogP contribution in [-0.2, 0) is 0 Å². The van der Waals surface area contributed by atoms with Gasteiger partial charge in [-0.15, -0.1) is 0 Å². The van der Waals surface area contributed by atoms with Gasteiger partial charge in [0.2, 0.25) is 0 Å². The van der Waals surface area contributed by atoms with E-state index in [0.717, 1.165) is 11.5 Å². The van der Waals surface area contributed by atoms with Crippen molar-refractivity contribution in [2.24, 2.45) is 0 Å². The van der Waals surface area contributed by atoms with Crippen LogP contribution < -0.4 is 14.8 Å². The third kappa shape index (κ3) is 6.04. The van der Waals surface area contributed by atoms with Crippen LogP contribution in [0.3, 0.4) is 0 Å². The summed E-state index contributed by atoms with van der Waals surface area (Å²) in [5, 5.41) is 3.17. The van der Waals surface area contributed by atoms with Gasteiger partial charge in [-0.1, -0.05) is 48.5 Å². The number of hydrogen-bond donors (Lipinski definition) is 1. The first-order valence-corrected chi connectivity index (χ1v) is 8.61. The zero-order chi connectivity index (χ0) is 16.5. The maximum Gasteiger partial charge on any atom is 0.279 e. The summed E-state index contributed by atoms with van der Waals surface area (Å²) in [6.45, 7) is 2.72. The van der Waals surface area contributed by atoms with E-state index in [1.165, 1.54) is 11.8 Å². The minimum absolute atomic E-state index is 0.0474. The summed E-state index contributed by atoms with van der Waals surface area (Å²) in [7, 11) is 0. The van der Waals surface area contributed by atoms with E-state index in [1.807, 2.05) is 37.3 Å². The number of rotatable bonds is 7. The summed E-state index contributed by atoms with van der Waals surface area (Å²) < 4.78 is 11.3. The van der Waals surface area contributed by atoms with Crippen molar-refractivity contribution in [1.29, 1.82) is 0 Å². The summed E-state index contributed by atoms with van der Waals surface area (Å²) in [6.07, 6.45) is 0. The van der Waals surface area contributed by atoms with E-state index in [4.69, 9.17) is 21.1 Å². The molecule has 0 fully saturated rings. The van der Waals surface area contributed by atoms with Crippen molar-refractivity contribution in [2.45, 2.75) is 6.92 Å². The molecule has 1 N–H and O–H groups in total. The van der Waals surface area contributed by atoms with Gasteiger partial charge < -0.3 is 14.8 Å². The Bertz CT molecular complexity index is 637. The molecule has 6 heteroatoms. The summed E-state index contributed by atoms with van der Waals surface area (Å²) in [5.41, 5.74) is 0. The van der Waals surface area contributed by atoms with E-state index in [1.54, 1.807) is 18.2 Å². The quantitative estimate of drug-likeness (QED) is 0.715. The molecule has 4 nitrogen and oxygen atoms in total. The summed E-state index contributed by atoms with van der Waals surface area (Å²) in [5.74, 6) is 2.69. The maximum atomic E-state index is 11.3. The number of carbonyl (C=O) groups excluding carboxylic acids is 1. The van der Waals surface area contributed by atoms with Gasteiger partial charge in [-0.3, -0.25) is 4.79 Å². The Labute approximate surface area is 145 Å². The Hall–Kier alpha value is -1.85. The molecule has 0 aromatic heterocycles. The van der Waals surface area contributed by atoms with Crippen molar-refractivity contribution in [1.82, 2.24) is 5.32 Å². The van der Waals surface area contributed by atoms with E-state index in [0.29, 0.717) is 29.7 Å². The number of ether oxygens (including phenoxy) is 2. The fourth-order valence-electron chi connectivity index (χ4n) is 1.78. The molecule has 0 saturated heterocycles. The predicted octanol–water partition coefficient (Wildman–Crippen LogP) is 4.97. The largest absolute Gasteiger partial charge is 0.490 e. The molecule has 2 aromatic carbocycles. The smallest absolute Gasteiger partial charge is 0.279 e. The van der Waals surface area contributed by atoms with E-state index in [9.17, 15) is 4.79 Å². The van der Waals surface area contributed by atoms with Gasteiger partial charge in [-0.2, -0.15) is 0 Å².